The highest BCUT2D eigenvalue weighted by atomic mass is 16.5. The minimum atomic E-state index is -0.269. The van der Waals surface area contributed by atoms with Gasteiger partial charge >= 0.3 is 0 Å². The molecule has 8 nitrogen and oxygen atoms in total. The van der Waals surface area contributed by atoms with Crippen molar-refractivity contribution in [1.82, 2.24) is 25.2 Å². The van der Waals surface area contributed by atoms with Crippen molar-refractivity contribution in [2.24, 2.45) is 0 Å². The first-order valence-corrected chi connectivity index (χ1v) is 6.88. The number of tetrazole rings is 1. The minimum Gasteiger partial charge on any atom is -0.481 e. The average Bonchev–Trinajstić information content (AvgIpc) is 3.04. The Bertz CT molecular complexity index is 785. The minimum absolute atomic E-state index is 0.0359. The van der Waals surface area contributed by atoms with Crippen molar-refractivity contribution in [2.75, 3.05) is 12.4 Å². The van der Waals surface area contributed by atoms with Gasteiger partial charge in [-0.25, -0.2) is 4.98 Å². The molecule has 3 rings (SSSR count). The summed E-state index contributed by atoms with van der Waals surface area (Å²) in [7, 11) is 1.53. The van der Waals surface area contributed by atoms with Crippen molar-refractivity contribution in [3.05, 3.63) is 48.7 Å². The molecule has 1 N–H and O–H groups in total. The number of carbonyl (C=O) groups excluding carboxylic acids is 1. The Morgan fingerprint density at radius 2 is 2.04 bits per heavy atom. The fourth-order valence-corrected chi connectivity index (χ4v) is 1.92. The van der Waals surface area contributed by atoms with E-state index in [9.17, 15) is 4.79 Å². The molecule has 1 amide bonds. The summed E-state index contributed by atoms with van der Waals surface area (Å²) >= 11 is 0. The van der Waals surface area contributed by atoms with E-state index >= 15 is 0 Å². The van der Waals surface area contributed by atoms with Crippen LogP contribution in [0.3, 0.4) is 0 Å². The Balaban J connectivity index is 1.63. The van der Waals surface area contributed by atoms with Gasteiger partial charge in [0.15, 0.2) is 0 Å². The molecule has 116 valence electrons. The van der Waals surface area contributed by atoms with E-state index in [4.69, 9.17) is 4.74 Å². The second-order valence-electron chi connectivity index (χ2n) is 4.65. The normalized spacial score (nSPS) is 10.3. The summed E-state index contributed by atoms with van der Waals surface area (Å²) in [4.78, 5) is 17.2. The third kappa shape index (κ3) is 3.67. The van der Waals surface area contributed by atoms with Crippen LogP contribution >= 0.6 is 0 Å². The second kappa shape index (κ2) is 6.65. The molecule has 0 bridgehead atoms. The lowest BCUT2D eigenvalue weighted by atomic mass is 10.2. The van der Waals surface area contributed by atoms with Crippen LogP contribution in [0.4, 0.5) is 5.69 Å². The highest BCUT2D eigenvalue weighted by Crippen LogP contribution is 2.12. The van der Waals surface area contributed by atoms with Crippen molar-refractivity contribution in [3.63, 3.8) is 0 Å². The summed E-state index contributed by atoms with van der Waals surface area (Å²) in [6, 6.07) is 12.8. The van der Waals surface area contributed by atoms with Crippen molar-refractivity contribution >= 4 is 11.6 Å². The van der Waals surface area contributed by atoms with Crippen LogP contribution in [0, 0.1) is 0 Å². The third-order valence-corrected chi connectivity index (χ3v) is 3.00. The van der Waals surface area contributed by atoms with E-state index in [1.54, 1.807) is 12.1 Å². The number of benzene rings is 1. The number of anilines is 1. The summed E-state index contributed by atoms with van der Waals surface area (Å²) in [5.41, 5.74) is 1.41. The summed E-state index contributed by atoms with van der Waals surface area (Å²) in [5.74, 6) is 0.687. The lowest BCUT2D eigenvalue weighted by molar-refractivity contribution is -0.117. The first-order chi connectivity index (χ1) is 11.2. The topological polar surface area (TPSA) is 94.8 Å². The van der Waals surface area contributed by atoms with Gasteiger partial charge in [0.2, 0.25) is 17.6 Å². The summed E-state index contributed by atoms with van der Waals surface area (Å²) in [5, 5.41) is 14.7. The van der Waals surface area contributed by atoms with Crippen LogP contribution < -0.4 is 10.1 Å². The van der Waals surface area contributed by atoms with Gasteiger partial charge in [0.1, 0.15) is 6.54 Å². The zero-order valence-electron chi connectivity index (χ0n) is 12.4. The van der Waals surface area contributed by atoms with Crippen LogP contribution in [0.5, 0.6) is 5.88 Å². The molecule has 2 heterocycles. The highest BCUT2D eigenvalue weighted by molar-refractivity contribution is 5.90. The van der Waals surface area contributed by atoms with Gasteiger partial charge in [0, 0.05) is 11.6 Å². The average molecular weight is 310 g/mol. The van der Waals surface area contributed by atoms with Crippen molar-refractivity contribution < 1.29 is 9.53 Å². The van der Waals surface area contributed by atoms with E-state index in [2.05, 4.69) is 25.7 Å². The van der Waals surface area contributed by atoms with Crippen molar-refractivity contribution in [3.8, 4) is 17.3 Å². The van der Waals surface area contributed by atoms with Crippen LogP contribution in [0.1, 0.15) is 0 Å². The predicted molar refractivity (Wildman–Crippen MR) is 82.7 cm³/mol. The first kappa shape index (κ1) is 14.6. The smallest absolute Gasteiger partial charge is 0.248 e. The Labute approximate surface area is 132 Å². The number of carbonyl (C=O) groups is 1. The number of methoxy groups -OCH3 is 1. The lowest BCUT2D eigenvalue weighted by Crippen LogP contribution is -2.20. The molecule has 0 spiro atoms. The fraction of sp³-hybridized carbons (Fsp3) is 0.133. The lowest BCUT2D eigenvalue weighted by Gasteiger charge is -2.04. The van der Waals surface area contributed by atoms with Crippen LogP contribution in [0.15, 0.2) is 48.7 Å². The van der Waals surface area contributed by atoms with Crippen LogP contribution in [-0.2, 0) is 11.3 Å². The largest absolute Gasteiger partial charge is 0.481 e. The third-order valence-electron chi connectivity index (χ3n) is 3.00. The molecule has 2 aromatic heterocycles. The standard InChI is InChI=1S/C15H14N6O2/c1-23-14-8-7-12(9-16-14)17-13(22)10-21-19-15(18-20-21)11-5-3-2-4-6-11/h2-9H,10H2,1H3,(H,17,22). The van der Waals surface area contributed by atoms with E-state index in [1.807, 2.05) is 30.3 Å². The molecule has 0 atom stereocenters. The number of nitrogens with one attached hydrogen (secondary N) is 1. The Morgan fingerprint density at radius 3 is 2.74 bits per heavy atom. The molecule has 0 unspecified atom stereocenters. The molecule has 0 saturated heterocycles. The number of rotatable bonds is 5. The zero-order chi connectivity index (χ0) is 16.1. The Kier molecular flexibility index (Phi) is 4.23. The van der Waals surface area contributed by atoms with E-state index in [0.717, 1.165) is 5.56 Å². The maximum Gasteiger partial charge on any atom is 0.248 e. The van der Waals surface area contributed by atoms with Crippen molar-refractivity contribution in [2.45, 2.75) is 6.54 Å². The number of pyridine rings is 1. The highest BCUT2D eigenvalue weighted by Gasteiger charge is 2.09. The van der Waals surface area contributed by atoms with Crippen LogP contribution in [0.25, 0.3) is 11.4 Å². The van der Waals surface area contributed by atoms with Gasteiger partial charge in [-0.2, -0.15) is 4.80 Å². The van der Waals surface area contributed by atoms with Gasteiger partial charge in [-0.05, 0) is 11.3 Å². The number of aromatic nitrogens is 5. The van der Waals surface area contributed by atoms with E-state index in [0.29, 0.717) is 17.4 Å². The van der Waals surface area contributed by atoms with Gasteiger partial charge < -0.3 is 10.1 Å². The molecule has 0 aliphatic rings. The van der Waals surface area contributed by atoms with E-state index in [1.165, 1.54) is 18.1 Å². The van der Waals surface area contributed by atoms with Gasteiger partial charge in [-0.15, -0.1) is 10.2 Å². The Morgan fingerprint density at radius 1 is 1.22 bits per heavy atom. The molecule has 1 aromatic carbocycles. The molecule has 0 saturated carbocycles. The maximum absolute atomic E-state index is 12.0. The van der Waals surface area contributed by atoms with Crippen LogP contribution in [0.2, 0.25) is 0 Å². The summed E-state index contributed by atoms with van der Waals surface area (Å²) < 4.78 is 4.96. The zero-order valence-corrected chi connectivity index (χ0v) is 12.4. The number of amides is 1. The number of hydrogen-bond donors (Lipinski definition) is 1. The molecular formula is C15H14N6O2. The molecule has 0 aliphatic heterocycles. The number of hydrogen-bond acceptors (Lipinski definition) is 6. The van der Waals surface area contributed by atoms with Crippen LogP contribution in [-0.4, -0.2) is 38.2 Å². The number of ether oxygens (including phenoxy) is 1. The Hall–Kier alpha value is -3.29. The fourth-order valence-electron chi connectivity index (χ4n) is 1.92. The SMILES string of the molecule is COc1ccc(NC(=O)Cn2nnc(-c3ccccc3)n2)cn1. The molecule has 3 aromatic rings. The second-order valence-corrected chi connectivity index (χ2v) is 4.65. The summed E-state index contributed by atoms with van der Waals surface area (Å²) in [6.07, 6.45) is 1.51. The molecule has 0 aliphatic carbocycles. The van der Waals surface area contributed by atoms with E-state index in [-0.39, 0.29) is 12.5 Å². The molecule has 0 fully saturated rings. The maximum atomic E-state index is 12.0. The van der Waals surface area contributed by atoms with Gasteiger partial charge in [0.05, 0.1) is 19.0 Å². The van der Waals surface area contributed by atoms with Gasteiger partial charge in [0.25, 0.3) is 0 Å². The number of nitrogens with zero attached hydrogens (tertiary/aromatic N) is 5. The predicted octanol–water partition coefficient (Wildman–Crippen LogP) is 1.38. The molecule has 0 radical (unpaired) electrons. The van der Waals surface area contributed by atoms with Gasteiger partial charge in [-0.3, -0.25) is 4.79 Å². The molecule has 23 heavy (non-hydrogen) atoms. The molecule has 8 heteroatoms. The van der Waals surface area contributed by atoms with Crippen molar-refractivity contribution in [1.29, 1.82) is 0 Å². The molecular weight excluding hydrogens is 296 g/mol. The summed E-state index contributed by atoms with van der Waals surface area (Å²) in [6.45, 7) is -0.0359. The van der Waals surface area contributed by atoms with Gasteiger partial charge in [-0.1, -0.05) is 30.3 Å². The first-order valence-electron chi connectivity index (χ1n) is 6.88. The van der Waals surface area contributed by atoms with E-state index < -0.39 is 0 Å². The quantitative estimate of drug-likeness (QED) is 0.765. The monoisotopic (exact) mass is 310 g/mol.